The Morgan fingerprint density at radius 1 is 0.905 bits per heavy atom. The Hall–Kier alpha value is -1.26. The molecular formula is C16H26N2O3. The molecule has 0 aromatic heterocycles. The number of urea groups is 1. The van der Waals surface area contributed by atoms with Crippen molar-refractivity contribution in [3.05, 3.63) is 0 Å². The summed E-state index contributed by atoms with van der Waals surface area (Å²) in [6, 6.07) is -0.663. The van der Waals surface area contributed by atoms with Crippen LogP contribution in [0, 0.1) is 5.41 Å². The van der Waals surface area contributed by atoms with Crippen molar-refractivity contribution in [3.8, 4) is 0 Å². The van der Waals surface area contributed by atoms with Crippen LogP contribution < -0.4 is 0 Å². The van der Waals surface area contributed by atoms with Crippen molar-refractivity contribution in [2.24, 2.45) is 5.41 Å². The first-order valence-electron chi connectivity index (χ1n) is 8.40. The second kappa shape index (κ2) is 5.85. The molecule has 0 aromatic rings. The lowest BCUT2D eigenvalue weighted by Gasteiger charge is -2.43. The Bertz CT molecular complexity index is 408. The van der Waals surface area contributed by atoms with Gasteiger partial charge < -0.3 is 14.9 Å². The van der Waals surface area contributed by atoms with Crippen molar-refractivity contribution in [2.75, 3.05) is 19.6 Å². The van der Waals surface area contributed by atoms with Crippen LogP contribution in [0.25, 0.3) is 0 Å². The minimum atomic E-state index is -0.854. The first kappa shape index (κ1) is 14.7. The fourth-order valence-corrected chi connectivity index (χ4v) is 4.40. The molecule has 1 spiro atoms. The van der Waals surface area contributed by atoms with Gasteiger partial charge in [0, 0.05) is 19.6 Å². The molecule has 3 rings (SSSR count). The number of hydrogen-bond acceptors (Lipinski definition) is 2. The number of piperidine rings is 2. The van der Waals surface area contributed by atoms with Gasteiger partial charge in [-0.25, -0.2) is 9.59 Å². The Balaban J connectivity index is 1.61. The summed E-state index contributed by atoms with van der Waals surface area (Å²) >= 11 is 0. The lowest BCUT2D eigenvalue weighted by molar-refractivity contribution is -0.143. The van der Waals surface area contributed by atoms with Crippen LogP contribution in [0.2, 0.25) is 0 Å². The van der Waals surface area contributed by atoms with Crippen LogP contribution in [0.5, 0.6) is 0 Å². The van der Waals surface area contributed by atoms with E-state index >= 15 is 0 Å². The summed E-state index contributed by atoms with van der Waals surface area (Å²) in [5.74, 6) is -0.854. The predicted octanol–water partition coefficient (Wildman–Crippen LogP) is 2.70. The van der Waals surface area contributed by atoms with Gasteiger partial charge in [0.2, 0.25) is 0 Å². The number of aliphatic carboxylic acids is 1. The van der Waals surface area contributed by atoms with Gasteiger partial charge >= 0.3 is 12.0 Å². The first-order chi connectivity index (χ1) is 10.1. The van der Waals surface area contributed by atoms with Gasteiger partial charge in [-0.1, -0.05) is 12.8 Å². The van der Waals surface area contributed by atoms with Gasteiger partial charge in [0.05, 0.1) is 0 Å². The molecule has 5 nitrogen and oxygen atoms in total. The standard InChI is InChI=1S/C16H26N2O3/c19-14(20)13-5-1-4-10-18(13)15(21)17-11-8-16(9-12-17)6-2-3-7-16/h13H,1-12H2,(H,19,20). The van der Waals surface area contributed by atoms with E-state index < -0.39 is 12.0 Å². The third kappa shape index (κ3) is 2.87. The molecule has 3 fully saturated rings. The Kier molecular flexibility index (Phi) is 4.09. The minimum Gasteiger partial charge on any atom is -0.480 e. The molecular weight excluding hydrogens is 268 g/mol. The third-order valence-electron chi connectivity index (χ3n) is 5.79. The Labute approximate surface area is 126 Å². The van der Waals surface area contributed by atoms with E-state index in [1.54, 1.807) is 4.90 Å². The van der Waals surface area contributed by atoms with Gasteiger partial charge in [-0.2, -0.15) is 0 Å². The number of rotatable bonds is 1. The zero-order valence-corrected chi connectivity index (χ0v) is 12.7. The van der Waals surface area contributed by atoms with Crippen LogP contribution in [0.15, 0.2) is 0 Å². The Morgan fingerprint density at radius 2 is 1.57 bits per heavy atom. The number of likely N-dealkylation sites (tertiary alicyclic amines) is 2. The van der Waals surface area contributed by atoms with Gasteiger partial charge in [-0.05, 0) is 50.4 Å². The average molecular weight is 294 g/mol. The molecule has 2 heterocycles. The largest absolute Gasteiger partial charge is 0.480 e. The maximum atomic E-state index is 12.7. The van der Waals surface area contributed by atoms with E-state index in [0.29, 0.717) is 18.4 Å². The van der Waals surface area contributed by atoms with Gasteiger partial charge in [-0.3, -0.25) is 0 Å². The summed E-state index contributed by atoms with van der Waals surface area (Å²) in [6.45, 7) is 2.21. The highest BCUT2D eigenvalue weighted by molar-refractivity contribution is 5.83. The van der Waals surface area contributed by atoms with Gasteiger partial charge in [0.1, 0.15) is 6.04 Å². The quantitative estimate of drug-likeness (QED) is 0.809. The highest BCUT2D eigenvalue weighted by atomic mass is 16.4. The molecule has 3 aliphatic rings. The number of nitrogens with zero attached hydrogens (tertiary/aromatic N) is 2. The molecule has 1 unspecified atom stereocenters. The zero-order chi connectivity index (χ0) is 14.9. The van der Waals surface area contributed by atoms with E-state index in [9.17, 15) is 14.7 Å². The number of carboxylic acids is 1. The molecule has 2 saturated heterocycles. The monoisotopic (exact) mass is 294 g/mol. The fraction of sp³-hybridized carbons (Fsp3) is 0.875. The molecule has 21 heavy (non-hydrogen) atoms. The van der Waals surface area contributed by atoms with Gasteiger partial charge in [0.25, 0.3) is 0 Å². The van der Waals surface area contributed by atoms with Gasteiger partial charge in [-0.15, -0.1) is 0 Å². The summed E-state index contributed by atoms with van der Waals surface area (Å²) in [6.07, 6.45) is 9.93. The van der Waals surface area contributed by atoms with Crippen molar-refractivity contribution in [3.63, 3.8) is 0 Å². The molecule has 118 valence electrons. The van der Waals surface area contributed by atoms with E-state index in [1.807, 2.05) is 4.90 Å². The van der Waals surface area contributed by atoms with Crippen molar-refractivity contribution in [2.45, 2.75) is 63.8 Å². The van der Waals surface area contributed by atoms with Crippen molar-refractivity contribution in [1.29, 1.82) is 0 Å². The third-order valence-corrected chi connectivity index (χ3v) is 5.79. The van der Waals surface area contributed by atoms with E-state index in [4.69, 9.17) is 0 Å². The molecule has 1 aliphatic carbocycles. The molecule has 0 radical (unpaired) electrons. The molecule has 5 heteroatoms. The summed E-state index contributed by atoms with van der Waals surface area (Å²) in [5.41, 5.74) is 0.491. The lowest BCUT2D eigenvalue weighted by Crippen LogP contribution is -2.55. The smallest absolute Gasteiger partial charge is 0.326 e. The van der Waals surface area contributed by atoms with Crippen molar-refractivity contribution >= 4 is 12.0 Å². The second-order valence-corrected chi connectivity index (χ2v) is 7.02. The van der Waals surface area contributed by atoms with Crippen LogP contribution in [0.1, 0.15) is 57.8 Å². The summed E-state index contributed by atoms with van der Waals surface area (Å²) in [4.78, 5) is 27.5. The molecule has 1 N–H and O–H groups in total. The van der Waals surface area contributed by atoms with Crippen LogP contribution in [-0.4, -0.2) is 52.6 Å². The normalized spacial score (nSPS) is 28.9. The second-order valence-electron chi connectivity index (χ2n) is 7.02. The number of hydrogen-bond donors (Lipinski definition) is 1. The summed E-state index contributed by atoms with van der Waals surface area (Å²) in [7, 11) is 0. The van der Waals surface area contributed by atoms with Crippen LogP contribution in [0.3, 0.4) is 0 Å². The molecule has 0 bridgehead atoms. The van der Waals surface area contributed by atoms with Crippen LogP contribution >= 0.6 is 0 Å². The SMILES string of the molecule is O=C(O)C1CCCCN1C(=O)N1CCC2(CCCC2)CC1. The topological polar surface area (TPSA) is 60.9 Å². The minimum absolute atomic E-state index is 0.0463. The van der Waals surface area contributed by atoms with E-state index in [0.717, 1.165) is 38.8 Å². The van der Waals surface area contributed by atoms with E-state index in [-0.39, 0.29) is 6.03 Å². The number of carbonyl (C=O) groups is 2. The van der Waals surface area contributed by atoms with Crippen LogP contribution in [-0.2, 0) is 4.79 Å². The predicted molar refractivity (Wildman–Crippen MR) is 79.1 cm³/mol. The lowest BCUT2D eigenvalue weighted by atomic mass is 9.77. The van der Waals surface area contributed by atoms with Crippen molar-refractivity contribution in [1.82, 2.24) is 9.80 Å². The van der Waals surface area contributed by atoms with E-state index in [1.165, 1.54) is 25.7 Å². The summed E-state index contributed by atoms with van der Waals surface area (Å²) in [5, 5.41) is 9.31. The maximum Gasteiger partial charge on any atom is 0.326 e. The van der Waals surface area contributed by atoms with E-state index in [2.05, 4.69) is 0 Å². The zero-order valence-electron chi connectivity index (χ0n) is 12.7. The average Bonchev–Trinajstić information content (AvgIpc) is 2.95. The highest BCUT2D eigenvalue weighted by Crippen LogP contribution is 2.46. The first-order valence-corrected chi connectivity index (χ1v) is 8.40. The molecule has 2 amide bonds. The molecule has 0 aromatic carbocycles. The number of carboxylic acid groups (broad SMARTS) is 1. The Morgan fingerprint density at radius 3 is 2.19 bits per heavy atom. The number of amides is 2. The molecule has 2 aliphatic heterocycles. The molecule has 1 atom stereocenters. The van der Waals surface area contributed by atoms with Crippen LogP contribution in [0.4, 0.5) is 4.79 Å². The molecule has 1 saturated carbocycles. The maximum absolute atomic E-state index is 12.7. The fourth-order valence-electron chi connectivity index (χ4n) is 4.40. The summed E-state index contributed by atoms with van der Waals surface area (Å²) < 4.78 is 0. The van der Waals surface area contributed by atoms with Crippen molar-refractivity contribution < 1.29 is 14.7 Å². The number of carbonyl (C=O) groups excluding carboxylic acids is 1. The highest BCUT2D eigenvalue weighted by Gasteiger charge is 2.40. The van der Waals surface area contributed by atoms with Gasteiger partial charge in [0.15, 0.2) is 0 Å².